The molecule has 35 heavy (non-hydrogen) atoms. The Morgan fingerprint density at radius 2 is 1.69 bits per heavy atom. The monoisotopic (exact) mass is 498 g/mol. The molecule has 4 saturated carbocycles. The highest BCUT2D eigenvalue weighted by Crippen LogP contribution is 2.56. The summed E-state index contributed by atoms with van der Waals surface area (Å²) in [6, 6.07) is 10.4. The zero-order valence-corrected chi connectivity index (χ0v) is 20.9. The first-order chi connectivity index (χ1) is 16.7. The maximum atomic E-state index is 11.7. The number of piperazine rings is 1. The van der Waals surface area contributed by atoms with E-state index < -0.39 is 15.6 Å². The van der Waals surface area contributed by atoms with Crippen LogP contribution in [-0.2, 0) is 10.0 Å². The average molecular weight is 499 g/mol. The number of rotatable bonds is 6. The van der Waals surface area contributed by atoms with Gasteiger partial charge in [0, 0.05) is 49.8 Å². The van der Waals surface area contributed by atoms with E-state index in [1.165, 1.54) is 23.4 Å². The van der Waals surface area contributed by atoms with Crippen LogP contribution in [0.2, 0.25) is 0 Å². The zero-order chi connectivity index (χ0) is 24.2. The van der Waals surface area contributed by atoms with E-state index in [0.29, 0.717) is 55.9 Å². The predicted octanol–water partition coefficient (Wildman–Crippen LogP) is 2.65. The Kier molecular flexibility index (Phi) is 5.65. The molecule has 5 fully saturated rings. The molecule has 0 radical (unpaired) electrons. The number of anilines is 4. The molecule has 2 unspecified atom stereocenters. The number of nitrogens with zero attached hydrogens (tertiary/aromatic N) is 4. The first-order valence-electron chi connectivity index (χ1n) is 12.6. The van der Waals surface area contributed by atoms with Crippen molar-refractivity contribution in [2.45, 2.75) is 43.7 Å². The summed E-state index contributed by atoms with van der Waals surface area (Å²) >= 11 is 0. The van der Waals surface area contributed by atoms with Crippen molar-refractivity contribution in [1.29, 1.82) is 0 Å². The van der Waals surface area contributed by atoms with E-state index in [1.54, 1.807) is 6.20 Å². The first kappa shape index (κ1) is 23.0. The first-order valence-corrected chi connectivity index (χ1v) is 14.5. The standard InChI is InChI=1S/C25H34N6O3S/c1-35(33,34)31-10-8-30(9-11-31)21-4-2-20(3-5-21)27-24-26-7-6-22(29-24)28-23-18-12-17-13-19(23)16-25(32,14-17)15-18/h2-7,17-19,23,32H,8-16H2,1H3,(H2,26,27,28,29). The Morgan fingerprint density at radius 3 is 2.31 bits per heavy atom. The normalized spacial score (nSPS) is 32.6. The van der Waals surface area contributed by atoms with Gasteiger partial charge >= 0.3 is 0 Å². The molecule has 2 atom stereocenters. The molecule has 1 saturated heterocycles. The molecule has 2 aromatic rings. The lowest BCUT2D eigenvalue weighted by atomic mass is 9.52. The summed E-state index contributed by atoms with van der Waals surface area (Å²) in [4.78, 5) is 11.3. The van der Waals surface area contributed by atoms with E-state index in [0.717, 1.165) is 36.5 Å². The third-order valence-electron chi connectivity index (χ3n) is 8.41. The van der Waals surface area contributed by atoms with Gasteiger partial charge in [-0.2, -0.15) is 9.29 Å². The molecular formula is C25H34N6O3S. The summed E-state index contributed by atoms with van der Waals surface area (Å²) in [7, 11) is -3.13. The fourth-order valence-electron chi connectivity index (χ4n) is 7.05. The predicted molar refractivity (Wildman–Crippen MR) is 136 cm³/mol. The van der Waals surface area contributed by atoms with Gasteiger partial charge in [-0.15, -0.1) is 0 Å². The summed E-state index contributed by atoms with van der Waals surface area (Å²) in [6.07, 6.45) is 8.27. The van der Waals surface area contributed by atoms with Crippen LogP contribution in [0.1, 0.15) is 32.1 Å². The minimum atomic E-state index is -3.13. The van der Waals surface area contributed by atoms with Gasteiger partial charge < -0.3 is 20.6 Å². The van der Waals surface area contributed by atoms with Crippen molar-refractivity contribution in [3.05, 3.63) is 36.5 Å². The van der Waals surface area contributed by atoms with Gasteiger partial charge in [-0.3, -0.25) is 0 Å². The minimum absolute atomic E-state index is 0.372. The van der Waals surface area contributed by atoms with E-state index in [4.69, 9.17) is 4.98 Å². The summed E-state index contributed by atoms with van der Waals surface area (Å²) in [5.41, 5.74) is 1.54. The topological polar surface area (TPSA) is 111 Å². The molecule has 1 aromatic carbocycles. The van der Waals surface area contributed by atoms with Crippen LogP contribution in [-0.4, -0.2) is 71.9 Å². The highest BCUT2D eigenvalue weighted by molar-refractivity contribution is 7.88. The van der Waals surface area contributed by atoms with Crippen molar-refractivity contribution in [3.8, 4) is 0 Å². The van der Waals surface area contributed by atoms with Gasteiger partial charge in [0.05, 0.1) is 11.9 Å². The summed E-state index contributed by atoms with van der Waals surface area (Å²) in [5, 5.41) is 17.8. The van der Waals surface area contributed by atoms with Crippen LogP contribution in [0.3, 0.4) is 0 Å². The van der Waals surface area contributed by atoms with Crippen molar-refractivity contribution in [1.82, 2.24) is 14.3 Å². The highest BCUT2D eigenvalue weighted by atomic mass is 32.2. The van der Waals surface area contributed by atoms with E-state index in [2.05, 4.69) is 20.5 Å². The number of aliphatic hydroxyl groups is 1. The fourth-order valence-corrected chi connectivity index (χ4v) is 7.88. The fraction of sp³-hybridized carbons (Fsp3) is 0.600. The van der Waals surface area contributed by atoms with Gasteiger partial charge in [-0.05, 0) is 80.2 Å². The largest absolute Gasteiger partial charge is 0.390 e. The van der Waals surface area contributed by atoms with Crippen molar-refractivity contribution in [2.75, 3.05) is 48.0 Å². The minimum Gasteiger partial charge on any atom is -0.390 e. The molecule has 2 heterocycles. The number of benzene rings is 1. The van der Waals surface area contributed by atoms with E-state index in [9.17, 15) is 13.5 Å². The second-order valence-electron chi connectivity index (χ2n) is 11.0. The number of hydrogen-bond donors (Lipinski definition) is 3. The third-order valence-corrected chi connectivity index (χ3v) is 9.71. The van der Waals surface area contributed by atoms with Gasteiger partial charge in [0.2, 0.25) is 16.0 Å². The Labute approximate surface area is 207 Å². The SMILES string of the molecule is CS(=O)(=O)N1CCN(c2ccc(Nc3nccc(NC4C5CC6CC4CC(O)(C6)C5)n3)cc2)CC1. The lowest BCUT2D eigenvalue weighted by molar-refractivity contribution is -0.129. The lowest BCUT2D eigenvalue weighted by Gasteiger charge is -2.58. The van der Waals surface area contributed by atoms with Crippen LogP contribution in [0, 0.1) is 17.8 Å². The second-order valence-corrected chi connectivity index (χ2v) is 12.9. The van der Waals surface area contributed by atoms with Gasteiger partial charge in [0.1, 0.15) is 5.82 Å². The molecule has 1 aliphatic heterocycles. The van der Waals surface area contributed by atoms with Gasteiger partial charge in [-0.25, -0.2) is 13.4 Å². The molecule has 3 N–H and O–H groups in total. The number of aromatic nitrogens is 2. The molecule has 10 heteroatoms. The quantitative estimate of drug-likeness (QED) is 0.558. The Hall–Kier alpha value is -2.43. The maximum absolute atomic E-state index is 11.7. The highest BCUT2D eigenvalue weighted by Gasteiger charge is 2.54. The molecule has 4 aliphatic carbocycles. The number of nitrogens with one attached hydrogen (secondary N) is 2. The van der Waals surface area contributed by atoms with Crippen LogP contribution in [0.15, 0.2) is 36.5 Å². The molecule has 9 nitrogen and oxygen atoms in total. The molecule has 0 amide bonds. The van der Waals surface area contributed by atoms with Crippen molar-refractivity contribution in [2.24, 2.45) is 17.8 Å². The van der Waals surface area contributed by atoms with E-state index in [-0.39, 0.29) is 0 Å². The third kappa shape index (κ3) is 4.71. The smallest absolute Gasteiger partial charge is 0.229 e. The molecule has 1 aromatic heterocycles. The van der Waals surface area contributed by atoms with Crippen LogP contribution in [0.25, 0.3) is 0 Å². The maximum Gasteiger partial charge on any atom is 0.229 e. The van der Waals surface area contributed by atoms with Gasteiger partial charge in [-0.1, -0.05) is 0 Å². The molecule has 5 aliphatic rings. The van der Waals surface area contributed by atoms with Crippen molar-refractivity contribution >= 4 is 33.2 Å². The number of hydrogen-bond acceptors (Lipinski definition) is 8. The lowest BCUT2D eigenvalue weighted by Crippen LogP contribution is -2.59. The van der Waals surface area contributed by atoms with E-state index in [1.807, 2.05) is 30.3 Å². The van der Waals surface area contributed by atoms with Gasteiger partial charge in [0.25, 0.3) is 0 Å². The van der Waals surface area contributed by atoms with Crippen LogP contribution in [0.5, 0.6) is 0 Å². The summed E-state index contributed by atoms with van der Waals surface area (Å²) in [5.74, 6) is 3.10. The summed E-state index contributed by atoms with van der Waals surface area (Å²) in [6.45, 7) is 2.38. The van der Waals surface area contributed by atoms with E-state index >= 15 is 0 Å². The van der Waals surface area contributed by atoms with Crippen LogP contribution in [0.4, 0.5) is 23.1 Å². The summed E-state index contributed by atoms with van der Waals surface area (Å²) < 4.78 is 25.0. The molecule has 188 valence electrons. The Morgan fingerprint density at radius 1 is 1.00 bits per heavy atom. The molecule has 0 spiro atoms. The van der Waals surface area contributed by atoms with Crippen LogP contribution >= 0.6 is 0 Å². The molecule has 4 bridgehead atoms. The second kappa shape index (κ2) is 8.60. The van der Waals surface area contributed by atoms with Crippen molar-refractivity contribution < 1.29 is 13.5 Å². The number of sulfonamides is 1. The zero-order valence-electron chi connectivity index (χ0n) is 20.1. The molecule has 7 rings (SSSR count). The van der Waals surface area contributed by atoms with Gasteiger partial charge in [0.15, 0.2) is 0 Å². The molecular weight excluding hydrogens is 464 g/mol. The van der Waals surface area contributed by atoms with Crippen molar-refractivity contribution in [3.63, 3.8) is 0 Å². The average Bonchev–Trinajstić information content (AvgIpc) is 2.81. The van der Waals surface area contributed by atoms with Crippen LogP contribution < -0.4 is 15.5 Å². The Bertz CT molecular complexity index is 1170. The Balaban J connectivity index is 1.08.